The summed E-state index contributed by atoms with van der Waals surface area (Å²) in [5.41, 5.74) is 1.79. The molecular weight excluding hydrogens is 266 g/mol. The molecule has 0 heterocycles. The second-order valence-electron chi connectivity index (χ2n) is 7.84. The lowest BCUT2D eigenvalue weighted by molar-refractivity contribution is 0.469. The molecule has 0 saturated carbocycles. The summed E-state index contributed by atoms with van der Waals surface area (Å²) in [5.74, 6) is 1.41. The van der Waals surface area contributed by atoms with E-state index in [9.17, 15) is 0 Å². The fourth-order valence-electron chi connectivity index (χ4n) is 0.956. The Hall–Kier alpha value is -0.300. The Balaban J connectivity index is -0.000000134. The van der Waals surface area contributed by atoms with Crippen LogP contribution in [0.4, 0.5) is 0 Å². The summed E-state index contributed by atoms with van der Waals surface area (Å²) < 4.78 is 0. The van der Waals surface area contributed by atoms with Gasteiger partial charge in [-0.3, -0.25) is 0 Å². The second-order valence-corrected chi connectivity index (χ2v) is 7.84. The molecule has 0 fully saturated rings. The highest BCUT2D eigenvalue weighted by Gasteiger charge is 2.01. The van der Waals surface area contributed by atoms with Crippen LogP contribution in [0.25, 0.3) is 0 Å². The quantitative estimate of drug-likeness (QED) is 0.399. The number of nitrogens with one attached hydrogen (secondary N) is 1. The lowest BCUT2D eigenvalue weighted by Gasteiger charge is -2.12. The van der Waals surface area contributed by atoms with Crippen molar-refractivity contribution in [1.82, 2.24) is 5.32 Å². The largest absolute Gasteiger partial charge is 0.316 e. The molecule has 1 N–H and O–H groups in total. The molecule has 1 unspecified atom stereocenters. The molecule has 1 heteroatoms. The average molecular weight is 316 g/mol. The van der Waals surface area contributed by atoms with Gasteiger partial charge in [0.2, 0.25) is 0 Å². The summed E-state index contributed by atoms with van der Waals surface area (Å²) in [4.78, 5) is 0. The van der Waals surface area contributed by atoms with Crippen molar-refractivity contribution in [3.05, 3.63) is 12.2 Å². The lowest BCUT2D eigenvalue weighted by Crippen LogP contribution is -2.22. The van der Waals surface area contributed by atoms with Gasteiger partial charge in [0.25, 0.3) is 0 Å². The molecule has 138 valence electrons. The lowest BCUT2D eigenvalue weighted by atomic mass is 10.0. The van der Waals surface area contributed by atoms with E-state index in [1.54, 1.807) is 0 Å². The normalized spacial score (nSPS) is 11.1. The highest BCUT2D eigenvalue weighted by Crippen LogP contribution is 2.10. The van der Waals surface area contributed by atoms with Crippen molar-refractivity contribution >= 4 is 0 Å². The molecule has 0 aromatic rings. The van der Waals surface area contributed by atoms with Crippen LogP contribution >= 0.6 is 0 Å². The van der Waals surface area contributed by atoms with Crippen molar-refractivity contribution in [3.63, 3.8) is 0 Å². The first kappa shape index (κ1) is 29.7. The third-order valence-corrected chi connectivity index (χ3v) is 2.15. The van der Waals surface area contributed by atoms with Crippen molar-refractivity contribution in [1.29, 1.82) is 0 Å². The standard InChI is InChI=1S/C11H23N.C5H12.C3H8.C2H6/c1-9(2)8-12-7-6-11(5)10(3)4;1-5(2,3)4;1-3-2;1-2/h9,11-12H,3,6-8H2,1-2,4-5H3;1-4H3;3H2,1-2H3;1-2H3. The highest BCUT2D eigenvalue weighted by molar-refractivity contribution is 4.93. The minimum absolute atomic E-state index is 0.500. The van der Waals surface area contributed by atoms with Gasteiger partial charge in [-0.2, -0.15) is 0 Å². The third kappa shape index (κ3) is 60.2. The van der Waals surface area contributed by atoms with Gasteiger partial charge < -0.3 is 5.32 Å². The predicted molar refractivity (Wildman–Crippen MR) is 109 cm³/mol. The monoisotopic (exact) mass is 315 g/mol. The van der Waals surface area contributed by atoms with Crippen LogP contribution in [0.1, 0.15) is 95.9 Å². The van der Waals surface area contributed by atoms with Gasteiger partial charge in [0.05, 0.1) is 0 Å². The molecule has 0 aliphatic rings. The minimum Gasteiger partial charge on any atom is -0.316 e. The average Bonchev–Trinajstić information content (AvgIpc) is 2.35. The molecular formula is C21H49N. The Morgan fingerprint density at radius 1 is 1.00 bits per heavy atom. The van der Waals surface area contributed by atoms with Crippen molar-refractivity contribution in [2.45, 2.75) is 95.9 Å². The van der Waals surface area contributed by atoms with Crippen LogP contribution in [0.5, 0.6) is 0 Å². The summed E-state index contributed by atoms with van der Waals surface area (Å²) in [6.07, 6.45) is 2.46. The van der Waals surface area contributed by atoms with E-state index in [0.29, 0.717) is 11.3 Å². The van der Waals surface area contributed by atoms with Crippen molar-refractivity contribution in [2.75, 3.05) is 13.1 Å². The fourth-order valence-corrected chi connectivity index (χ4v) is 0.956. The van der Waals surface area contributed by atoms with Crippen molar-refractivity contribution in [2.24, 2.45) is 17.3 Å². The van der Waals surface area contributed by atoms with E-state index in [1.807, 2.05) is 13.8 Å². The molecule has 1 atom stereocenters. The van der Waals surface area contributed by atoms with Gasteiger partial charge in [-0.1, -0.05) is 94.7 Å². The van der Waals surface area contributed by atoms with E-state index in [-0.39, 0.29) is 0 Å². The summed E-state index contributed by atoms with van der Waals surface area (Å²) in [7, 11) is 0. The van der Waals surface area contributed by atoms with Crippen LogP contribution in [0.15, 0.2) is 12.2 Å². The molecule has 0 radical (unpaired) electrons. The van der Waals surface area contributed by atoms with E-state index in [2.05, 4.69) is 81.1 Å². The Bertz CT molecular complexity index is 192. The topological polar surface area (TPSA) is 12.0 Å². The van der Waals surface area contributed by atoms with Crippen molar-refractivity contribution in [3.8, 4) is 0 Å². The maximum atomic E-state index is 3.94. The van der Waals surface area contributed by atoms with Gasteiger partial charge in [-0.05, 0) is 43.7 Å². The maximum absolute atomic E-state index is 3.94. The molecule has 0 amide bonds. The molecule has 0 aliphatic heterocycles. The van der Waals surface area contributed by atoms with E-state index >= 15 is 0 Å². The van der Waals surface area contributed by atoms with Gasteiger partial charge in [-0.15, -0.1) is 0 Å². The first-order valence-corrected chi connectivity index (χ1v) is 9.31. The van der Waals surface area contributed by atoms with Gasteiger partial charge in [0, 0.05) is 0 Å². The smallest absolute Gasteiger partial charge is 0.00258 e. The fraction of sp³-hybridized carbons (Fsp3) is 0.905. The Labute approximate surface area is 144 Å². The summed E-state index contributed by atoms with van der Waals surface area (Å²) in [6, 6.07) is 0. The first-order valence-electron chi connectivity index (χ1n) is 9.31. The van der Waals surface area contributed by atoms with E-state index in [1.165, 1.54) is 18.4 Å². The molecule has 22 heavy (non-hydrogen) atoms. The summed E-state index contributed by atoms with van der Waals surface area (Å²) >= 11 is 0. The van der Waals surface area contributed by atoms with Gasteiger partial charge in [0.15, 0.2) is 0 Å². The number of allylic oxidation sites excluding steroid dienone is 1. The van der Waals surface area contributed by atoms with E-state index in [4.69, 9.17) is 0 Å². The summed E-state index contributed by atoms with van der Waals surface area (Å²) in [6.45, 7) is 32.0. The molecule has 1 nitrogen and oxygen atoms in total. The van der Waals surface area contributed by atoms with Crippen LogP contribution < -0.4 is 5.32 Å². The van der Waals surface area contributed by atoms with E-state index in [0.717, 1.165) is 19.0 Å². The number of rotatable bonds is 6. The molecule has 0 aliphatic carbocycles. The zero-order chi connectivity index (χ0) is 18.8. The summed E-state index contributed by atoms with van der Waals surface area (Å²) in [5, 5.41) is 3.43. The molecule has 0 aromatic carbocycles. The van der Waals surface area contributed by atoms with Crippen LogP contribution in [-0.4, -0.2) is 13.1 Å². The highest BCUT2D eigenvalue weighted by atomic mass is 14.8. The Morgan fingerprint density at radius 3 is 1.55 bits per heavy atom. The van der Waals surface area contributed by atoms with Crippen LogP contribution in [-0.2, 0) is 0 Å². The molecule has 0 rings (SSSR count). The third-order valence-electron chi connectivity index (χ3n) is 2.15. The van der Waals surface area contributed by atoms with Gasteiger partial charge in [0.1, 0.15) is 0 Å². The first-order chi connectivity index (χ1) is 9.95. The minimum atomic E-state index is 0.500. The molecule has 0 saturated heterocycles. The SMILES string of the molecule is C=C(C)C(C)CCNCC(C)C.CC.CC(C)(C)C.CCC. The zero-order valence-corrected chi connectivity index (χ0v) is 18.2. The second kappa shape index (κ2) is 20.7. The number of hydrogen-bond donors (Lipinski definition) is 1. The van der Waals surface area contributed by atoms with E-state index < -0.39 is 0 Å². The van der Waals surface area contributed by atoms with Gasteiger partial charge in [-0.25, -0.2) is 0 Å². The molecule has 0 bridgehead atoms. The Morgan fingerprint density at radius 2 is 1.32 bits per heavy atom. The zero-order valence-electron chi connectivity index (χ0n) is 18.2. The van der Waals surface area contributed by atoms with Crippen molar-refractivity contribution < 1.29 is 0 Å². The van der Waals surface area contributed by atoms with Gasteiger partial charge >= 0.3 is 0 Å². The Kier molecular flexibility index (Phi) is 27.9. The number of hydrogen-bond acceptors (Lipinski definition) is 1. The maximum Gasteiger partial charge on any atom is -0.00258 e. The molecule has 0 aromatic heterocycles. The van der Waals surface area contributed by atoms with Crippen LogP contribution in [0.3, 0.4) is 0 Å². The molecule has 0 spiro atoms. The predicted octanol–water partition coefficient (Wildman–Crippen LogP) is 7.33. The van der Waals surface area contributed by atoms with Crippen LogP contribution in [0.2, 0.25) is 0 Å². The van der Waals surface area contributed by atoms with Crippen LogP contribution in [0, 0.1) is 17.3 Å².